The third-order valence-electron chi connectivity index (χ3n) is 2.79. The van der Waals surface area contributed by atoms with Gasteiger partial charge in [-0.05, 0) is 19.5 Å². The molecule has 0 aromatic carbocycles. The molecule has 5 nitrogen and oxygen atoms in total. The highest BCUT2D eigenvalue weighted by Crippen LogP contribution is 2.10. The van der Waals surface area contributed by atoms with E-state index in [1.165, 1.54) is 0 Å². The van der Waals surface area contributed by atoms with Crippen molar-refractivity contribution in [3.05, 3.63) is 11.7 Å². The molecular weight excluding hydrogens is 204 g/mol. The molecule has 0 saturated heterocycles. The van der Waals surface area contributed by atoms with Crippen LogP contribution in [0.4, 0.5) is 0 Å². The van der Waals surface area contributed by atoms with Crippen molar-refractivity contribution in [2.75, 3.05) is 19.6 Å². The van der Waals surface area contributed by atoms with Gasteiger partial charge in [0.2, 0.25) is 5.89 Å². The molecule has 2 N–H and O–H groups in total. The van der Waals surface area contributed by atoms with Crippen molar-refractivity contribution in [1.29, 1.82) is 0 Å². The summed E-state index contributed by atoms with van der Waals surface area (Å²) >= 11 is 0. The van der Waals surface area contributed by atoms with Gasteiger partial charge in [0.25, 0.3) is 0 Å². The summed E-state index contributed by atoms with van der Waals surface area (Å²) in [7, 11) is 0. The van der Waals surface area contributed by atoms with Crippen LogP contribution in [0.5, 0.6) is 0 Å². The van der Waals surface area contributed by atoms with E-state index in [0.717, 1.165) is 38.3 Å². The van der Waals surface area contributed by atoms with E-state index in [4.69, 9.17) is 10.3 Å². The SMILES string of the molecule is CCC(N)c1nc(CCN(CC)CC)no1. The second-order valence-electron chi connectivity index (χ2n) is 3.84. The zero-order valence-electron chi connectivity index (χ0n) is 10.4. The summed E-state index contributed by atoms with van der Waals surface area (Å²) in [5.74, 6) is 1.31. The number of rotatable bonds is 7. The Morgan fingerprint density at radius 3 is 2.56 bits per heavy atom. The van der Waals surface area contributed by atoms with Crippen molar-refractivity contribution in [3.8, 4) is 0 Å². The normalized spacial score (nSPS) is 13.3. The fourth-order valence-corrected chi connectivity index (χ4v) is 1.49. The van der Waals surface area contributed by atoms with Gasteiger partial charge in [-0.2, -0.15) is 4.98 Å². The third-order valence-corrected chi connectivity index (χ3v) is 2.79. The predicted octanol–water partition coefficient (Wildman–Crippen LogP) is 1.36. The number of nitrogens with zero attached hydrogens (tertiary/aromatic N) is 3. The Labute approximate surface area is 97.0 Å². The largest absolute Gasteiger partial charge is 0.338 e. The number of aromatic nitrogens is 2. The highest BCUT2D eigenvalue weighted by atomic mass is 16.5. The molecule has 92 valence electrons. The lowest BCUT2D eigenvalue weighted by molar-refractivity contribution is 0.302. The van der Waals surface area contributed by atoms with Crippen LogP contribution in [-0.2, 0) is 6.42 Å². The van der Waals surface area contributed by atoms with Gasteiger partial charge in [0.1, 0.15) is 0 Å². The molecule has 0 spiro atoms. The van der Waals surface area contributed by atoms with Gasteiger partial charge in [0, 0.05) is 13.0 Å². The average Bonchev–Trinajstić information content (AvgIpc) is 2.78. The molecular formula is C11H22N4O. The standard InChI is InChI=1S/C11H22N4O/c1-4-9(12)11-13-10(14-16-11)7-8-15(5-2)6-3/h9H,4-8,12H2,1-3H3. The first-order chi connectivity index (χ1) is 7.71. The summed E-state index contributed by atoms with van der Waals surface area (Å²) < 4.78 is 5.11. The maximum Gasteiger partial charge on any atom is 0.243 e. The first-order valence-electron chi connectivity index (χ1n) is 6.01. The lowest BCUT2D eigenvalue weighted by Crippen LogP contribution is -2.25. The van der Waals surface area contributed by atoms with Gasteiger partial charge in [-0.1, -0.05) is 25.9 Å². The van der Waals surface area contributed by atoms with Gasteiger partial charge in [-0.15, -0.1) is 0 Å². The molecule has 0 bridgehead atoms. The summed E-state index contributed by atoms with van der Waals surface area (Å²) in [6.07, 6.45) is 1.64. The Bertz CT molecular complexity index is 296. The van der Waals surface area contributed by atoms with E-state index >= 15 is 0 Å². The van der Waals surface area contributed by atoms with Crippen LogP contribution >= 0.6 is 0 Å². The smallest absolute Gasteiger partial charge is 0.243 e. The molecule has 1 aromatic heterocycles. The van der Waals surface area contributed by atoms with Gasteiger partial charge in [0.15, 0.2) is 5.82 Å². The predicted molar refractivity (Wildman–Crippen MR) is 63.0 cm³/mol. The molecule has 16 heavy (non-hydrogen) atoms. The lowest BCUT2D eigenvalue weighted by atomic mass is 10.2. The van der Waals surface area contributed by atoms with Crippen molar-refractivity contribution in [2.45, 2.75) is 39.7 Å². The van der Waals surface area contributed by atoms with Crippen LogP contribution in [0.15, 0.2) is 4.52 Å². The lowest BCUT2D eigenvalue weighted by Gasteiger charge is -2.16. The van der Waals surface area contributed by atoms with Gasteiger partial charge in [-0.25, -0.2) is 0 Å². The first-order valence-corrected chi connectivity index (χ1v) is 6.01. The molecule has 0 aliphatic carbocycles. The maximum atomic E-state index is 5.81. The van der Waals surface area contributed by atoms with Gasteiger partial charge in [0.05, 0.1) is 6.04 Å². The van der Waals surface area contributed by atoms with Crippen molar-refractivity contribution in [2.24, 2.45) is 5.73 Å². The fraction of sp³-hybridized carbons (Fsp3) is 0.818. The van der Waals surface area contributed by atoms with Gasteiger partial charge in [-0.3, -0.25) is 0 Å². The number of hydrogen-bond donors (Lipinski definition) is 1. The number of hydrogen-bond acceptors (Lipinski definition) is 5. The summed E-state index contributed by atoms with van der Waals surface area (Å²) in [5.41, 5.74) is 5.81. The number of likely N-dealkylation sites (N-methyl/N-ethyl adjacent to an activating group) is 1. The summed E-state index contributed by atoms with van der Waals surface area (Å²) in [5, 5.41) is 3.93. The van der Waals surface area contributed by atoms with Crippen molar-refractivity contribution < 1.29 is 4.52 Å². The van der Waals surface area contributed by atoms with E-state index in [2.05, 4.69) is 28.9 Å². The number of nitrogens with two attached hydrogens (primary N) is 1. The van der Waals surface area contributed by atoms with E-state index in [0.29, 0.717) is 5.89 Å². The summed E-state index contributed by atoms with van der Waals surface area (Å²) in [6.45, 7) is 9.37. The van der Waals surface area contributed by atoms with E-state index in [9.17, 15) is 0 Å². The van der Waals surface area contributed by atoms with Gasteiger partial charge >= 0.3 is 0 Å². The average molecular weight is 226 g/mol. The van der Waals surface area contributed by atoms with Gasteiger partial charge < -0.3 is 15.2 Å². The minimum absolute atomic E-state index is 0.130. The molecule has 0 radical (unpaired) electrons. The van der Waals surface area contributed by atoms with Crippen LogP contribution in [0.3, 0.4) is 0 Å². The van der Waals surface area contributed by atoms with Crippen LogP contribution in [0, 0.1) is 0 Å². The molecule has 1 aromatic rings. The van der Waals surface area contributed by atoms with Crippen LogP contribution in [0.2, 0.25) is 0 Å². The highest BCUT2D eigenvalue weighted by Gasteiger charge is 2.12. The quantitative estimate of drug-likeness (QED) is 0.760. The minimum atomic E-state index is -0.130. The molecule has 0 aliphatic heterocycles. The van der Waals surface area contributed by atoms with E-state index in [1.54, 1.807) is 0 Å². The Morgan fingerprint density at radius 2 is 2.00 bits per heavy atom. The molecule has 0 saturated carbocycles. The van der Waals surface area contributed by atoms with E-state index < -0.39 is 0 Å². The molecule has 1 atom stereocenters. The Kier molecular flexibility index (Phi) is 5.42. The fourth-order valence-electron chi connectivity index (χ4n) is 1.49. The molecule has 0 fully saturated rings. The van der Waals surface area contributed by atoms with Crippen LogP contribution < -0.4 is 5.73 Å². The maximum absolute atomic E-state index is 5.81. The summed E-state index contributed by atoms with van der Waals surface area (Å²) in [6, 6.07) is -0.130. The van der Waals surface area contributed by atoms with E-state index in [1.807, 2.05) is 6.92 Å². The Morgan fingerprint density at radius 1 is 1.31 bits per heavy atom. The molecule has 5 heteroatoms. The molecule has 1 rings (SSSR count). The monoisotopic (exact) mass is 226 g/mol. The minimum Gasteiger partial charge on any atom is -0.338 e. The summed E-state index contributed by atoms with van der Waals surface area (Å²) in [4.78, 5) is 6.62. The second-order valence-corrected chi connectivity index (χ2v) is 3.84. The molecule has 0 amide bonds. The highest BCUT2D eigenvalue weighted by molar-refractivity contribution is 4.91. The third kappa shape index (κ3) is 3.57. The van der Waals surface area contributed by atoms with Crippen molar-refractivity contribution >= 4 is 0 Å². The van der Waals surface area contributed by atoms with Crippen LogP contribution in [0.1, 0.15) is 44.9 Å². The van der Waals surface area contributed by atoms with Crippen LogP contribution in [-0.4, -0.2) is 34.7 Å². The molecule has 0 aliphatic rings. The zero-order chi connectivity index (χ0) is 12.0. The second kappa shape index (κ2) is 6.60. The van der Waals surface area contributed by atoms with E-state index in [-0.39, 0.29) is 6.04 Å². The molecule has 1 unspecified atom stereocenters. The molecule has 1 heterocycles. The van der Waals surface area contributed by atoms with Crippen LogP contribution in [0.25, 0.3) is 0 Å². The van der Waals surface area contributed by atoms with Crippen molar-refractivity contribution in [1.82, 2.24) is 15.0 Å². The Hall–Kier alpha value is -0.940. The van der Waals surface area contributed by atoms with Crippen molar-refractivity contribution in [3.63, 3.8) is 0 Å². The Balaban J connectivity index is 2.46. The zero-order valence-corrected chi connectivity index (χ0v) is 10.4. The topological polar surface area (TPSA) is 68.2 Å². The first kappa shape index (κ1) is 13.1.